The molecule has 1 N–H and O–H groups in total. The molecule has 0 aliphatic carbocycles. The Hall–Kier alpha value is -1.42. The van der Waals surface area contributed by atoms with E-state index < -0.39 is 17.9 Å². The van der Waals surface area contributed by atoms with Gasteiger partial charge in [-0.3, -0.25) is 0 Å². The minimum atomic E-state index is -1.56. The summed E-state index contributed by atoms with van der Waals surface area (Å²) in [6, 6.07) is 2.97. The zero-order valence-corrected chi connectivity index (χ0v) is 8.87. The number of carbonyl (C=O) groups excluding carboxylic acids is 1. The van der Waals surface area contributed by atoms with Crippen molar-refractivity contribution in [1.82, 2.24) is 0 Å². The van der Waals surface area contributed by atoms with E-state index in [0.29, 0.717) is 5.56 Å². The van der Waals surface area contributed by atoms with Crippen LogP contribution in [0.2, 0.25) is 0 Å². The molecule has 0 amide bonds. The number of esters is 1. The van der Waals surface area contributed by atoms with Crippen LogP contribution in [-0.2, 0) is 9.53 Å². The van der Waals surface area contributed by atoms with Crippen LogP contribution in [0, 0.1) is 19.7 Å². The molecule has 82 valence electrons. The van der Waals surface area contributed by atoms with Crippen molar-refractivity contribution in [3.63, 3.8) is 0 Å². The van der Waals surface area contributed by atoms with Crippen molar-refractivity contribution < 1.29 is 19.0 Å². The summed E-state index contributed by atoms with van der Waals surface area (Å²) in [7, 11) is 1.15. The zero-order valence-electron chi connectivity index (χ0n) is 8.87. The van der Waals surface area contributed by atoms with Gasteiger partial charge in [0.25, 0.3) is 0 Å². The standard InChI is InChI=1S/C11H13FO3/c1-6-4-7(2)9(8(12)5-6)10(13)11(14)15-3/h4-5,10,13H,1-3H3. The molecule has 1 rings (SSSR count). The lowest BCUT2D eigenvalue weighted by molar-refractivity contribution is -0.150. The Bertz CT molecular complexity index is 364. The van der Waals surface area contributed by atoms with E-state index >= 15 is 0 Å². The van der Waals surface area contributed by atoms with Crippen molar-refractivity contribution in [1.29, 1.82) is 0 Å². The fraction of sp³-hybridized carbons (Fsp3) is 0.364. The van der Waals surface area contributed by atoms with E-state index in [9.17, 15) is 14.3 Å². The molecule has 1 unspecified atom stereocenters. The lowest BCUT2D eigenvalue weighted by Gasteiger charge is -2.13. The third-order valence-corrected chi connectivity index (χ3v) is 2.18. The Morgan fingerprint density at radius 2 is 2.07 bits per heavy atom. The van der Waals surface area contributed by atoms with E-state index in [2.05, 4.69) is 4.74 Å². The fourth-order valence-corrected chi connectivity index (χ4v) is 1.50. The van der Waals surface area contributed by atoms with Crippen molar-refractivity contribution in [2.75, 3.05) is 7.11 Å². The van der Waals surface area contributed by atoms with Gasteiger partial charge in [0, 0.05) is 5.56 Å². The number of hydrogen-bond acceptors (Lipinski definition) is 3. The Morgan fingerprint density at radius 1 is 1.47 bits per heavy atom. The molecule has 0 aromatic heterocycles. The van der Waals surface area contributed by atoms with Crippen LogP contribution >= 0.6 is 0 Å². The fourth-order valence-electron chi connectivity index (χ4n) is 1.50. The minimum Gasteiger partial charge on any atom is -0.467 e. The molecule has 0 bridgehead atoms. The molecule has 0 aliphatic rings. The maximum absolute atomic E-state index is 13.5. The highest BCUT2D eigenvalue weighted by Gasteiger charge is 2.23. The van der Waals surface area contributed by atoms with E-state index in [-0.39, 0.29) is 5.56 Å². The van der Waals surface area contributed by atoms with Crippen LogP contribution in [0.4, 0.5) is 4.39 Å². The number of benzene rings is 1. The molecule has 0 fully saturated rings. The van der Waals surface area contributed by atoms with Crippen molar-refractivity contribution in [2.24, 2.45) is 0 Å². The number of aliphatic hydroxyl groups excluding tert-OH is 1. The third-order valence-electron chi connectivity index (χ3n) is 2.18. The lowest BCUT2D eigenvalue weighted by atomic mass is 10.0. The van der Waals surface area contributed by atoms with Gasteiger partial charge in [-0.1, -0.05) is 6.07 Å². The van der Waals surface area contributed by atoms with Gasteiger partial charge in [-0.25, -0.2) is 9.18 Å². The molecule has 0 saturated heterocycles. The summed E-state index contributed by atoms with van der Waals surface area (Å²) in [6.07, 6.45) is -1.56. The molecular weight excluding hydrogens is 199 g/mol. The van der Waals surface area contributed by atoms with Gasteiger partial charge >= 0.3 is 5.97 Å². The van der Waals surface area contributed by atoms with E-state index in [1.165, 1.54) is 6.07 Å². The molecule has 4 heteroatoms. The summed E-state index contributed by atoms with van der Waals surface area (Å²) in [5, 5.41) is 9.53. The van der Waals surface area contributed by atoms with Crippen molar-refractivity contribution >= 4 is 5.97 Å². The molecule has 3 nitrogen and oxygen atoms in total. The number of halogens is 1. The molecule has 1 aromatic rings. The number of ether oxygens (including phenoxy) is 1. The van der Waals surface area contributed by atoms with Crippen molar-refractivity contribution in [3.8, 4) is 0 Å². The average Bonchev–Trinajstić information content (AvgIpc) is 2.14. The molecule has 15 heavy (non-hydrogen) atoms. The Morgan fingerprint density at radius 3 is 2.53 bits per heavy atom. The minimum absolute atomic E-state index is 0.0209. The molecule has 0 saturated carbocycles. The molecule has 1 aromatic carbocycles. The quantitative estimate of drug-likeness (QED) is 0.758. The van der Waals surface area contributed by atoms with Crippen LogP contribution in [-0.4, -0.2) is 18.2 Å². The second-order valence-corrected chi connectivity index (χ2v) is 3.40. The number of methoxy groups -OCH3 is 1. The predicted molar refractivity (Wildman–Crippen MR) is 52.8 cm³/mol. The van der Waals surface area contributed by atoms with E-state index in [1.54, 1.807) is 19.9 Å². The summed E-state index contributed by atoms with van der Waals surface area (Å²) in [6.45, 7) is 3.38. The normalized spacial score (nSPS) is 12.3. The van der Waals surface area contributed by atoms with E-state index in [4.69, 9.17) is 0 Å². The Labute approximate surface area is 87.5 Å². The Balaban J connectivity index is 3.19. The molecule has 0 radical (unpaired) electrons. The monoisotopic (exact) mass is 212 g/mol. The summed E-state index contributed by atoms with van der Waals surface area (Å²) in [5.41, 5.74) is 1.25. The van der Waals surface area contributed by atoms with Crippen molar-refractivity contribution in [3.05, 3.63) is 34.6 Å². The molecule has 0 spiro atoms. The maximum Gasteiger partial charge on any atom is 0.339 e. The first-order valence-corrected chi connectivity index (χ1v) is 4.50. The highest BCUT2D eigenvalue weighted by molar-refractivity contribution is 5.76. The largest absolute Gasteiger partial charge is 0.467 e. The molecule has 1 atom stereocenters. The summed E-state index contributed by atoms with van der Waals surface area (Å²) < 4.78 is 17.8. The SMILES string of the molecule is COC(=O)C(O)c1c(C)cc(C)cc1F. The van der Waals surface area contributed by atoms with Gasteiger partial charge in [0.1, 0.15) is 5.82 Å². The smallest absolute Gasteiger partial charge is 0.339 e. The van der Waals surface area contributed by atoms with Crippen LogP contribution in [0.25, 0.3) is 0 Å². The van der Waals surface area contributed by atoms with E-state index in [1.807, 2.05) is 0 Å². The number of aliphatic hydroxyl groups is 1. The number of hydrogen-bond donors (Lipinski definition) is 1. The van der Waals surface area contributed by atoms with Gasteiger partial charge in [0.15, 0.2) is 6.10 Å². The number of aryl methyl sites for hydroxylation is 2. The van der Waals surface area contributed by atoms with Gasteiger partial charge in [0.2, 0.25) is 0 Å². The van der Waals surface area contributed by atoms with Crippen LogP contribution in [0.1, 0.15) is 22.8 Å². The van der Waals surface area contributed by atoms with Gasteiger partial charge in [0.05, 0.1) is 7.11 Å². The van der Waals surface area contributed by atoms with Gasteiger partial charge < -0.3 is 9.84 Å². The van der Waals surface area contributed by atoms with Crippen LogP contribution in [0.3, 0.4) is 0 Å². The second kappa shape index (κ2) is 4.40. The first-order chi connectivity index (χ1) is 6.97. The van der Waals surface area contributed by atoms with Gasteiger partial charge in [-0.05, 0) is 31.0 Å². The van der Waals surface area contributed by atoms with E-state index in [0.717, 1.165) is 12.7 Å². The topological polar surface area (TPSA) is 46.5 Å². The summed E-state index contributed by atoms with van der Waals surface area (Å²) >= 11 is 0. The first-order valence-electron chi connectivity index (χ1n) is 4.50. The highest BCUT2D eigenvalue weighted by atomic mass is 19.1. The van der Waals surface area contributed by atoms with Crippen LogP contribution < -0.4 is 0 Å². The third kappa shape index (κ3) is 2.33. The second-order valence-electron chi connectivity index (χ2n) is 3.40. The molecule has 0 heterocycles. The lowest BCUT2D eigenvalue weighted by Crippen LogP contribution is -2.16. The molecular formula is C11H13FO3. The van der Waals surface area contributed by atoms with Crippen LogP contribution in [0.5, 0.6) is 0 Å². The van der Waals surface area contributed by atoms with Gasteiger partial charge in [-0.15, -0.1) is 0 Å². The average molecular weight is 212 g/mol. The van der Waals surface area contributed by atoms with Crippen molar-refractivity contribution in [2.45, 2.75) is 20.0 Å². The zero-order chi connectivity index (χ0) is 11.6. The highest BCUT2D eigenvalue weighted by Crippen LogP contribution is 2.23. The number of rotatable bonds is 2. The summed E-state index contributed by atoms with van der Waals surface area (Å²) in [5.74, 6) is -1.45. The Kier molecular flexibility index (Phi) is 3.42. The first kappa shape index (κ1) is 11.7. The van der Waals surface area contributed by atoms with Gasteiger partial charge in [-0.2, -0.15) is 0 Å². The summed E-state index contributed by atoms with van der Waals surface area (Å²) in [4.78, 5) is 11.1. The number of carbonyl (C=O) groups is 1. The maximum atomic E-state index is 13.5. The predicted octanol–water partition coefficient (Wildman–Crippen LogP) is 1.65. The molecule has 0 aliphatic heterocycles. The van der Waals surface area contributed by atoms with Crippen LogP contribution in [0.15, 0.2) is 12.1 Å².